The summed E-state index contributed by atoms with van der Waals surface area (Å²) in [6, 6.07) is 9.94. The van der Waals surface area contributed by atoms with Crippen molar-refractivity contribution < 1.29 is 0 Å². The van der Waals surface area contributed by atoms with Crippen molar-refractivity contribution in [2.45, 2.75) is 40.7 Å². The van der Waals surface area contributed by atoms with Crippen LogP contribution in [0.2, 0.25) is 5.02 Å². The Morgan fingerprint density at radius 1 is 1.16 bits per heavy atom. The molecule has 4 nitrogen and oxygen atoms in total. The van der Waals surface area contributed by atoms with E-state index in [1.165, 1.54) is 5.56 Å². The molecular weight excluding hydrogens is 334 g/mol. The highest BCUT2D eigenvalue weighted by atomic mass is 35.5. The fourth-order valence-electron chi connectivity index (χ4n) is 3.06. The zero-order valence-electron chi connectivity index (χ0n) is 15.4. The van der Waals surface area contributed by atoms with E-state index in [1.54, 1.807) is 11.6 Å². The minimum atomic E-state index is -0.0325. The first-order valence-electron chi connectivity index (χ1n) is 8.56. The van der Waals surface area contributed by atoms with Gasteiger partial charge in [-0.1, -0.05) is 39.3 Å². The van der Waals surface area contributed by atoms with Crippen LogP contribution in [-0.4, -0.2) is 14.1 Å². The second-order valence-electron chi connectivity index (χ2n) is 7.73. The molecule has 2 aromatic heterocycles. The number of fused-ring (bicyclic) bond motifs is 1. The minimum absolute atomic E-state index is 0.0137. The van der Waals surface area contributed by atoms with Gasteiger partial charge in [-0.15, -0.1) is 0 Å². The quantitative estimate of drug-likeness (QED) is 0.683. The molecule has 0 bridgehead atoms. The highest BCUT2D eigenvalue weighted by molar-refractivity contribution is 6.30. The van der Waals surface area contributed by atoms with Crippen LogP contribution in [0.15, 0.2) is 35.1 Å². The van der Waals surface area contributed by atoms with E-state index in [2.05, 4.69) is 33.8 Å². The highest BCUT2D eigenvalue weighted by Crippen LogP contribution is 2.26. The average molecular weight is 358 g/mol. The number of aryl methyl sites for hydroxylation is 2. The van der Waals surface area contributed by atoms with Crippen LogP contribution >= 0.6 is 11.6 Å². The van der Waals surface area contributed by atoms with Crippen LogP contribution in [0.25, 0.3) is 22.4 Å². The van der Waals surface area contributed by atoms with E-state index < -0.39 is 0 Å². The predicted octanol–water partition coefficient (Wildman–Crippen LogP) is 4.66. The number of pyridine rings is 1. The monoisotopic (exact) mass is 357 g/mol. The van der Waals surface area contributed by atoms with Crippen LogP contribution < -0.4 is 5.69 Å². The SMILES string of the molecule is CCc1cc(Cl)cc(-c2ccc3c(n2)n(C)c(=O)n3CC(C)(C)C)c1. The molecule has 1 aromatic carbocycles. The molecule has 0 saturated carbocycles. The lowest BCUT2D eigenvalue weighted by Crippen LogP contribution is -2.27. The fraction of sp³-hybridized carbons (Fsp3) is 0.400. The van der Waals surface area contributed by atoms with Crippen LogP contribution in [0, 0.1) is 5.41 Å². The Balaban J connectivity index is 2.17. The van der Waals surface area contributed by atoms with Crippen molar-refractivity contribution in [3.05, 3.63) is 51.4 Å². The summed E-state index contributed by atoms with van der Waals surface area (Å²) in [5.74, 6) is 0. The topological polar surface area (TPSA) is 39.8 Å². The number of halogens is 1. The van der Waals surface area contributed by atoms with Gasteiger partial charge in [-0.2, -0.15) is 0 Å². The molecule has 0 fully saturated rings. The van der Waals surface area contributed by atoms with Crippen molar-refractivity contribution in [3.8, 4) is 11.3 Å². The first-order chi connectivity index (χ1) is 11.7. The summed E-state index contributed by atoms with van der Waals surface area (Å²) in [5.41, 5.74) is 4.52. The van der Waals surface area contributed by atoms with Gasteiger partial charge in [0.2, 0.25) is 0 Å². The molecule has 3 aromatic rings. The van der Waals surface area contributed by atoms with E-state index in [1.807, 2.05) is 28.8 Å². The van der Waals surface area contributed by atoms with Gasteiger partial charge in [0.05, 0.1) is 11.2 Å². The Kier molecular flexibility index (Phi) is 4.50. The van der Waals surface area contributed by atoms with Crippen molar-refractivity contribution in [1.29, 1.82) is 0 Å². The first-order valence-corrected chi connectivity index (χ1v) is 8.93. The standard InChI is InChI=1S/C20H24ClN3O/c1-6-13-9-14(11-15(21)10-13)16-7-8-17-18(22-16)23(5)19(25)24(17)12-20(2,3)4/h7-11H,6,12H2,1-5H3. The maximum Gasteiger partial charge on any atom is 0.330 e. The third kappa shape index (κ3) is 3.49. The predicted molar refractivity (Wildman–Crippen MR) is 104 cm³/mol. The second-order valence-corrected chi connectivity index (χ2v) is 8.17. The maximum absolute atomic E-state index is 12.6. The van der Waals surface area contributed by atoms with Gasteiger partial charge in [0.25, 0.3) is 0 Å². The summed E-state index contributed by atoms with van der Waals surface area (Å²) >= 11 is 6.24. The van der Waals surface area contributed by atoms with Gasteiger partial charge in [-0.3, -0.25) is 9.13 Å². The summed E-state index contributed by atoms with van der Waals surface area (Å²) in [6.45, 7) is 9.12. The van der Waals surface area contributed by atoms with Crippen molar-refractivity contribution in [1.82, 2.24) is 14.1 Å². The Labute approximate surface area is 153 Å². The zero-order valence-corrected chi connectivity index (χ0v) is 16.2. The number of benzene rings is 1. The number of rotatable bonds is 3. The van der Waals surface area contributed by atoms with Crippen LogP contribution in [0.3, 0.4) is 0 Å². The molecule has 3 rings (SSSR count). The van der Waals surface area contributed by atoms with Gasteiger partial charge in [0.15, 0.2) is 5.65 Å². The van der Waals surface area contributed by atoms with Gasteiger partial charge in [-0.05, 0) is 47.7 Å². The van der Waals surface area contributed by atoms with Crippen molar-refractivity contribution in [2.75, 3.05) is 0 Å². The Hall–Kier alpha value is -2.07. The van der Waals surface area contributed by atoms with E-state index in [0.29, 0.717) is 17.2 Å². The van der Waals surface area contributed by atoms with Gasteiger partial charge < -0.3 is 0 Å². The van der Waals surface area contributed by atoms with Gasteiger partial charge in [0, 0.05) is 24.2 Å². The molecule has 2 heterocycles. The molecule has 25 heavy (non-hydrogen) atoms. The van der Waals surface area contributed by atoms with E-state index in [9.17, 15) is 4.79 Å². The summed E-state index contributed by atoms with van der Waals surface area (Å²) in [6.07, 6.45) is 0.913. The molecule has 132 valence electrons. The van der Waals surface area contributed by atoms with E-state index >= 15 is 0 Å². The maximum atomic E-state index is 12.6. The minimum Gasteiger partial charge on any atom is -0.290 e. The molecule has 0 N–H and O–H groups in total. The molecule has 0 unspecified atom stereocenters. The van der Waals surface area contributed by atoms with Crippen LogP contribution in [-0.2, 0) is 20.0 Å². The van der Waals surface area contributed by atoms with E-state index in [4.69, 9.17) is 16.6 Å². The Morgan fingerprint density at radius 3 is 2.52 bits per heavy atom. The third-order valence-electron chi connectivity index (χ3n) is 4.27. The molecule has 5 heteroatoms. The van der Waals surface area contributed by atoms with Gasteiger partial charge in [-0.25, -0.2) is 9.78 Å². The Bertz CT molecular complexity index is 993. The molecule has 0 aliphatic heterocycles. The van der Waals surface area contributed by atoms with Crippen molar-refractivity contribution >= 4 is 22.8 Å². The largest absolute Gasteiger partial charge is 0.330 e. The number of hydrogen-bond donors (Lipinski definition) is 0. The summed E-state index contributed by atoms with van der Waals surface area (Å²) in [7, 11) is 1.77. The lowest BCUT2D eigenvalue weighted by molar-refractivity contribution is 0.342. The molecule has 0 radical (unpaired) electrons. The molecule has 0 aliphatic carbocycles. The van der Waals surface area contributed by atoms with E-state index in [0.717, 1.165) is 23.2 Å². The van der Waals surface area contributed by atoms with Gasteiger partial charge >= 0.3 is 5.69 Å². The van der Waals surface area contributed by atoms with Crippen LogP contribution in [0.4, 0.5) is 0 Å². The number of nitrogens with zero attached hydrogens (tertiary/aromatic N) is 3. The summed E-state index contributed by atoms with van der Waals surface area (Å²) < 4.78 is 3.43. The average Bonchev–Trinajstić information content (AvgIpc) is 2.77. The molecule has 0 aliphatic rings. The normalized spacial score (nSPS) is 12.1. The lowest BCUT2D eigenvalue weighted by Gasteiger charge is -2.18. The molecule has 0 atom stereocenters. The number of aromatic nitrogens is 3. The fourth-order valence-corrected chi connectivity index (χ4v) is 3.32. The third-order valence-corrected chi connectivity index (χ3v) is 4.49. The molecule has 0 amide bonds. The van der Waals surface area contributed by atoms with Crippen LogP contribution in [0.1, 0.15) is 33.3 Å². The second kappa shape index (κ2) is 6.34. The van der Waals surface area contributed by atoms with Crippen molar-refractivity contribution in [3.63, 3.8) is 0 Å². The van der Waals surface area contributed by atoms with Crippen molar-refractivity contribution in [2.24, 2.45) is 12.5 Å². The number of hydrogen-bond acceptors (Lipinski definition) is 2. The Morgan fingerprint density at radius 2 is 1.88 bits per heavy atom. The first kappa shape index (κ1) is 17.7. The summed E-state index contributed by atoms with van der Waals surface area (Å²) in [4.78, 5) is 17.4. The van der Waals surface area contributed by atoms with Gasteiger partial charge in [0.1, 0.15) is 0 Å². The molecular formula is C20H24ClN3O. The highest BCUT2D eigenvalue weighted by Gasteiger charge is 2.18. The smallest absolute Gasteiger partial charge is 0.290 e. The van der Waals surface area contributed by atoms with E-state index in [-0.39, 0.29) is 11.1 Å². The number of imidazole rings is 1. The molecule has 0 saturated heterocycles. The lowest BCUT2D eigenvalue weighted by atomic mass is 9.97. The van der Waals surface area contributed by atoms with Crippen LogP contribution in [0.5, 0.6) is 0 Å². The summed E-state index contributed by atoms with van der Waals surface area (Å²) in [5, 5.41) is 0.704. The molecule has 0 spiro atoms. The zero-order chi connectivity index (χ0) is 18.4.